The largest absolute Gasteiger partial charge is 0.545 e. The number of nitrogens with zero attached hydrogens (tertiary/aromatic N) is 1. The van der Waals surface area contributed by atoms with Gasteiger partial charge in [0.2, 0.25) is 0 Å². The van der Waals surface area contributed by atoms with Gasteiger partial charge in [0.15, 0.2) is 5.17 Å². The van der Waals surface area contributed by atoms with Crippen molar-refractivity contribution in [3.05, 3.63) is 68.5 Å². The van der Waals surface area contributed by atoms with Gasteiger partial charge in [-0.15, -0.1) is 0 Å². The lowest BCUT2D eigenvalue weighted by Gasteiger charge is -2.02. The molecule has 5 nitrogen and oxygen atoms in total. The highest BCUT2D eigenvalue weighted by Crippen LogP contribution is 2.34. The van der Waals surface area contributed by atoms with Crippen LogP contribution in [0.15, 0.2) is 52.4 Å². The van der Waals surface area contributed by atoms with Crippen LogP contribution in [0.3, 0.4) is 0 Å². The molecule has 0 spiro atoms. The quantitative estimate of drug-likeness (QED) is 0.814. The zero-order chi connectivity index (χ0) is 18.0. The molecule has 2 aromatic rings. The second-order valence-corrected chi connectivity index (χ2v) is 6.78. The van der Waals surface area contributed by atoms with Crippen molar-refractivity contribution in [3.8, 4) is 0 Å². The molecule has 0 bridgehead atoms. The Morgan fingerprint density at radius 2 is 1.88 bits per heavy atom. The van der Waals surface area contributed by atoms with Crippen molar-refractivity contribution >= 4 is 63.8 Å². The van der Waals surface area contributed by atoms with Crippen molar-refractivity contribution in [2.24, 2.45) is 4.99 Å². The molecule has 0 atom stereocenters. The topological polar surface area (TPSA) is 81.6 Å². The van der Waals surface area contributed by atoms with Crippen molar-refractivity contribution in [2.45, 2.75) is 0 Å². The highest BCUT2D eigenvalue weighted by atomic mass is 35.5. The first-order valence-corrected chi connectivity index (χ1v) is 8.56. The Bertz CT molecular complexity index is 924. The van der Waals surface area contributed by atoms with E-state index in [1.54, 1.807) is 36.4 Å². The number of nitrogens with one attached hydrogen (secondary N) is 1. The Balaban J connectivity index is 1.83. The first kappa shape index (κ1) is 17.5. The normalized spacial score (nSPS) is 17.1. The van der Waals surface area contributed by atoms with Gasteiger partial charge in [-0.1, -0.05) is 53.5 Å². The third-order valence-electron chi connectivity index (χ3n) is 3.25. The molecule has 1 heterocycles. The van der Waals surface area contributed by atoms with Gasteiger partial charge in [-0.05, 0) is 41.1 Å². The standard InChI is InChI=1S/C17H10Cl2N2O3S/c18-11-2-1-3-12(14(11)19)20-17-21-15(22)13(25-17)8-9-4-6-10(7-5-9)16(23)24/h1-8H,(H,23,24)(H,20,21,22)/p-1/b13-8-. The summed E-state index contributed by atoms with van der Waals surface area (Å²) in [6.45, 7) is 0. The fourth-order valence-corrected chi connectivity index (χ4v) is 3.21. The van der Waals surface area contributed by atoms with Gasteiger partial charge in [-0.2, -0.15) is 0 Å². The average molecular weight is 392 g/mol. The molecule has 0 radical (unpaired) electrons. The number of halogens is 2. The third-order valence-corrected chi connectivity index (χ3v) is 4.97. The molecule has 1 aliphatic rings. The first-order chi connectivity index (χ1) is 11.9. The summed E-state index contributed by atoms with van der Waals surface area (Å²) in [6, 6.07) is 11.1. The van der Waals surface area contributed by atoms with Crippen LogP contribution in [-0.2, 0) is 4.79 Å². The fourth-order valence-electron chi connectivity index (χ4n) is 2.04. The molecule has 0 saturated carbocycles. The summed E-state index contributed by atoms with van der Waals surface area (Å²) in [5.41, 5.74) is 1.21. The van der Waals surface area contributed by atoms with E-state index in [4.69, 9.17) is 23.2 Å². The molecule has 0 unspecified atom stereocenters. The van der Waals surface area contributed by atoms with Gasteiger partial charge in [0.1, 0.15) is 0 Å². The average Bonchev–Trinajstić information content (AvgIpc) is 2.92. The van der Waals surface area contributed by atoms with Crippen LogP contribution in [0.4, 0.5) is 5.69 Å². The second-order valence-electron chi connectivity index (χ2n) is 4.96. The Morgan fingerprint density at radius 3 is 2.56 bits per heavy atom. The summed E-state index contributed by atoms with van der Waals surface area (Å²) in [4.78, 5) is 27.5. The number of thioether (sulfide) groups is 1. The number of hydrogen-bond donors (Lipinski definition) is 1. The SMILES string of the molecule is O=C1NC(=Nc2cccc(Cl)c2Cl)S/C1=C\c1ccc(C(=O)[O-])cc1. The van der Waals surface area contributed by atoms with Gasteiger partial charge < -0.3 is 15.2 Å². The number of amidine groups is 1. The number of hydrogen-bond acceptors (Lipinski definition) is 5. The van der Waals surface area contributed by atoms with Crippen molar-refractivity contribution in [3.63, 3.8) is 0 Å². The van der Waals surface area contributed by atoms with Crippen LogP contribution in [0.1, 0.15) is 15.9 Å². The van der Waals surface area contributed by atoms with Crippen LogP contribution < -0.4 is 10.4 Å². The highest BCUT2D eigenvalue weighted by Gasteiger charge is 2.24. The van der Waals surface area contributed by atoms with E-state index in [9.17, 15) is 14.7 Å². The van der Waals surface area contributed by atoms with Crippen LogP contribution in [0.25, 0.3) is 6.08 Å². The van der Waals surface area contributed by atoms with Crippen molar-refractivity contribution < 1.29 is 14.7 Å². The summed E-state index contributed by atoms with van der Waals surface area (Å²) in [6.07, 6.45) is 1.64. The van der Waals surface area contributed by atoms with Crippen LogP contribution >= 0.6 is 35.0 Å². The molecular formula is C17H9Cl2N2O3S-. The maximum absolute atomic E-state index is 12.1. The number of carbonyl (C=O) groups is 2. The minimum Gasteiger partial charge on any atom is -0.545 e. The van der Waals surface area contributed by atoms with E-state index in [0.29, 0.717) is 31.4 Å². The lowest BCUT2D eigenvalue weighted by molar-refractivity contribution is -0.255. The van der Waals surface area contributed by atoms with E-state index < -0.39 is 5.97 Å². The van der Waals surface area contributed by atoms with E-state index in [2.05, 4.69) is 10.3 Å². The van der Waals surface area contributed by atoms with Crippen LogP contribution in [-0.4, -0.2) is 17.0 Å². The molecule has 8 heteroatoms. The molecule has 126 valence electrons. The van der Waals surface area contributed by atoms with E-state index in [0.717, 1.165) is 11.8 Å². The number of carbonyl (C=O) groups excluding carboxylic acids is 2. The zero-order valence-electron chi connectivity index (χ0n) is 12.5. The number of rotatable bonds is 3. The van der Waals surface area contributed by atoms with E-state index in [1.807, 2.05) is 0 Å². The molecule has 0 aromatic heterocycles. The molecule has 1 amide bonds. The van der Waals surface area contributed by atoms with Crippen LogP contribution in [0.2, 0.25) is 10.0 Å². The Labute approximate surface area is 157 Å². The number of benzene rings is 2. The number of aliphatic imine (C=N–C) groups is 1. The van der Waals surface area contributed by atoms with Crippen LogP contribution in [0, 0.1) is 0 Å². The summed E-state index contributed by atoms with van der Waals surface area (Å²) in [5, 5.41) is 14.5. The molecule has 1 saturated heterocycles. The number of aromatic carboxylic acids is 1. The lowest BCUT2D eigenvalue weighted by atomic mass is 10.1. The lowest BCUT2D eigenvalue weighted by Crippen LogP contribution is -2.21. The van der Waals surface area contributed by atoms with Gasteiger partial charge in [-0.25, -0.2) is 4.99 Å². The zero-order valence-corrected chi connectivity index (χ0v) is 14.8. The molecule has 1 N–H and O–H groups in total. The summed E-state index contributed by atoms with van der Waals surface area (Å²) < 4.78 is 0. The predicted molar refractivity (Wildman–Crippen MR) is 98.0 cm³/mol. The molecular weight excluding hydrogens is 383 g/mol. The number of amides is 1. The summed E-state index contributed by atoms with van der Waals surface area (Å²) >= 11 is 13.2. The smallest absolute Gasteiger partial charge is 0.264 e. The van der Waals surface area contributed by atoms with Gasteiger partial charge >= 0.3 is 0 Å². The van der Waals surface area contributed by atoms with Crippen LogP contribution in [0.5, 0.6) is 0 Å². The summed E-state index contributed by atoms with van der Waals surface area (Å²) in [7, 11) is 0. The molecule has 3 rings (SSSR count). The summed E-state index contributed by atoms with van der Waals surface area (Å²) in [5.74, 6) is -1.55. The van der Waals surface area contributed by atoms with Gasteiger partial charge in [0, 0.05) is 0 Å². The van der Waals surface area contributed by atoms with E-state index >= 15 is 0 Å². The number of carboxylic acid groups (broad SMARTS) is 1. The first-order valence-electron chi connectivity index (χ1n) is 6.99. The number of carboxylic acids is 1. The molecule has 2 aromatic carbocycles. The molecule has 25 heavy (non-hydrogen) atoms. The molecule has 0 aliphatic carbocycles. The molecule has 1 aliphatic heterocycles. The second kappa shape index (κ2) is 7.31. The predicted octanol–water partition coefficient (Wildman–Crippen LogP) is 3.25. The third kappa shape index (κ3) is 4.04. The Kier molecular flexibility index (Phi) is 5.13. The highest BCUT2D eigenvalue weighted by molar-refractivity contribution is 8.18. The minimum atomic E-state index is -1.25. The van der Waals surface area contributed by atoms with Crippen molar-refractivity contribution in [2.75, 3.05) is 0 Å². The Morgan fingerprint density at radius 1 is 1.16 bits per heavy atom. The van der Waals surface area contributed by atoms with Gasteiger partial charge in [0.05, 0.1) is 26.6 Å². The van der Waals surface area contributed by atoms with E-state index in [1.165, 1.54) is 12.1 Å². The van der Waals surface area contributed by atoms with Crippen molar-refractivity contribution in [1.29, 1.82) is 0 Å². The molecule has 1 fully saturated rings. The van der Waals surface area contributed by atoms with Gasteiger partial charge in [0.25, 0.3) is 5.91 Å². The van der Waals surface area contributed by atoms with E-state index in [-0.39, 0.29) is 11.5 Å². The maximum atomic E-state index is 12.1. The monoisotopic (exact) mass is 391 g/mol. The fraction of sp³-hybridized carbons (Fsp3) is 0. The minimum absolute atomic E-state index is 0.0727. The maximum Gasteiger partial charge on any atom is 0.264 e. The van der Waals surface area contributed by atoms with Gasteiger partial charge in [-0.3, -0.25) is 4.79 Å². The van der Waals surface area contributed by atoms with Crippen molar-refractivity contribution in [1.82, 2.24) is 5.32 Å². The Hall–Kier alpha value is -2.28.